The molecule has 0 fully saturated rings. The molecule has 0 aromatic rings. The lowest BCUT2D eigenvalue weighted by atomic mass is 10.1. The Kier molecular flexibility index (Phi) is 6.32. The molecule has 2 N–H and O–H groups in total. The van der Waals surface area contributed by atoms with E-state index in [1.807, 2.05) is 0 Å². The van der Waals surface area contributed by atoms with Crippen LogP contribution in [0.4, 0.5) is 0 Å². The van der Waals surface area contributed by atoms with E-state index in [1.165, 1.54) is 17.3 Å². The van der Waals surface area contributed by atoms with E-state index in [0.29, 0.717) is 0 Å². The van der Waals surface area contributed by atoms with Crippen LogP contribution < -0.4 is 5.73 Å². The van der Waals surface area contributed by atoms with Crippen molar-refractivity contribution in [2.75, 3.05) is 11.0 Å². The first-order valence-electron chi connectivity index (χ1n) is 3.07. The second kappa shape index (κ2) is 5.82. The molecule has 0 saturated carbocycles. The average Bonchev–Trinajstić information content (AvgIpc) is 1.83. The van der Waals surface area contributed by atoms with E-state index < -0.39 is 0 Å². The van der Waals surface area contributed by atoms with E-state index in [0.717, 1.165) is 12.5 Å². The van der Waals surface area contributed by atoms with Crippen LogP contribution in [0.1, 0.15) is 19.8 Å². The van der Waals surface area contributed by atoms with Gasteiger partial charge in [-0.2, -0.15) is 0 Å². The smallest absolute Gasteiger partial charge is 0.00210 e. The molecule has 0 saturated heterocycles. The van der Waals surface area contributed by atoms with Crippen molar-refractivity contribution in [2.24, 2.45) is 11.7 Å². The molecule has 0 bridgehead atoms. The first-order valence-corrected chi connectivity index (χ1v) is 4.59. The van der Waals surface area contributed by atoms with Crippen LogP contribution in [-0.2, 0) is 0 Å². The summed E-state index contributed by atoms with van der Waals surface area (Å²) in [5.41, 5.74) is 5.33. The Balaban J connectivity index is 2.86. The van der Waals surface area contributed by atoms with Crippen molar-refractivity contribution < 1.29 is 0 Å². The summed E-state index contributed by atoms with van der Waals surface area (Å²) in [7, 11) is 0. The van der Waals surface area contributed by atoms with Gasteiger partial charge in [0.1, 0.15) is 0 Å². The highest BCUT2D eigenvalue weighted by molar-refractivity contribution is 14.1. The predicted molar refractivity (Wildman–Crippen MR) is 46.3 cm³/mol. The molecule has 0 radical (unpaired) electrons. The lowest BCUT2D eigenvalue weighted by Crippen LogP contribution is -2.02. The number of hydrogen-bond acceptors (Lipinski definition) is 1. The summed E-state index contributed by atoms with van der Waals surface area (Å²) < 4.78 is 1.26. The third kappa shape index (κ3) is 4.84. The Hall–Kier alpha value is 0.690. The lowest BCUT2D eigenvalue weighted by molar-refractivity contribution is 0.576. The minimum Gasteiger partial charge on any atom is -0.330 e. The number of halogens is 1. The minimum absolute atomic E-state index is 0.848. The van der Waals surface area contributed by atoms with Gasteiger partial charge in [0, 0.05) is 4.43 Å². The standard InChI is InChI=1S/C6H14IN/c1-6(5-7)3-2-4-8/h6H,2-5,8H2,1H3. The molecule has 0 spiro atoms. The molecule has 0 rings (SSSR count). The maximum atomic E-state index is 5.33. The molecule has 2 heteroatoms. The molecule has 1 atom stereocenters. The Bertz CT molecular complexity index is 47.8. The van der Waals surface area contributed by atoms with Gasteiger partial charge in [0.05, 0.1) is 0 Å². The van der Waals surface area contributed by atoms with Crippen LogP contribution in [0.2, 0.25) is 0 Å². The molecule has 8 heavy (non-hydrogen) atoms. The van der Waals surface area contributed by atoms with Crippen LogP contribution in [0.3, 0.4) is 0 Å². The fraction of sp³-hybridized carbons (Fsp3) is 1.00. The summed E-state index contributed by atoms with van der Waals surface area (Å²) in [6.07, 6.45) is 2.48. The molecular weight excluding hydrogens is 213 g/mol. The Morgan fingerprint density at radius 1 is 1.62 bits per heavy atom. The van der Waals surface area contributed by atoms with Crippen molar-refractivity contribution in [2.45, 2.75) is 19.8 Å². The second-order valence-electron chi connectivity index (χ2n) is 2.19. The number of nitrogens with two attached hydrogens (primary N) is 1. The van der Waals surface area contributed by atoms with Gasteiger partial charge in [-0.1, -0.05) is 29.5 Å². The van der Waals surface area contributed by atoms with Gasteiger partial charge >= 0.3 is 0 Å². The highest BCUT2D eigenvalue weighted by Crippen LogP contribution is 2.06. The SMILES string of the molecule is CC(CI)CCCN. The van der Waals surface area contributed by atoms with Crippen molar-refractivity contribution >= 4 is 22.6 Å². The van der Waals surface area contributed by atoms with E-state index in [4.69, 9.17) is 5.73 Å². The normalized spacial score (nSPS) is 13.9. The summed E-state index contributed by atoms with van der Waals surface area (Å²) in [5, 5.41) is 0. The van der Waals surface area contributed by atoms with Crippen LogP contribution in [0, 0.1) is 5.92 Å². The van der Waals surface area contributed by atoms with Crippen LogP contribution >= 0.6 is 22.6 Å². The average molecular weight is 227 g/mol. The summed E-state index contributed by atoms with van der Waals surface area (Å²) in [5.74, 6) is 0.860. The quantitative estimate of drug-likeness (QED) is 0.575. The van der Waals surface area contributed by atoms with Gasteiger partial charge in [-0.15, -0.1) is 0 Å². The Labute approximate surface area is 65.2 Å². The van der Waals surface area contributed by atoms with Gasteiger partial charge in [-0.25, -0.2) is 0 Å². The van der Waals surface area contributed by atoms with Gasteiger partial charge < -0.3 is 5.73 Å². The second-order valence-corrected chi connectivity index (χ2v) is 3.07. The van der Waals surface area contributed by atoms with E-state index >= 15 is 0 Å². The van der Waals surface area contributed by atoms with Crippen LogP contribution in [0.15, 0.2) is 0 Å². The van der Waals surface area contributed by atoms with E-state index in [1.54, 1.807) is 0 Å². The lowest BCUT2D eigenvalue weighted by Gasteiger charge is -2.03. The van der Waals surface area contributed by atoms with Crippen molar-refractivity contribution in [1.82, 2.24) is 0 Å². The van der Waals surface area contributed by atoms with E-state index in [9.17, 15) is 0 Å². The summed E-state index contributed by atoms with van der Waals surface area (Å²) in [4.78, 5) is 0. The molecular formula is C6H14IN. The fourth-order valence-corrected chi connectivity index (χ4v) is 0.984. The number of rotatable bonds is 4. The molecule has 0 aromatic heterocycles. The molecule has 0 aliphatic rings. The van der Waals surface area contributed by atoms with Crippen molar-refractivity contribution in [3.63, 3.8) is 0 Å². The van der Waals surface area contributed by atoms with Gasteiger partial charge in [0.2, 0.25) is 0 Å². The molecule has 1 unspecified atom stereocenters. The van der Waals surface area contributed by atoms with Gasteiger partial charge in [-0.3, -0.25) is 0 Å². The Morgan fingerprint density at radius 2 is 2.25 bits per heavy atom. The van der Waals surface area contributed by atoms with Gasteiger partial charge in [-0.05, 0) is 25.3 Å². The summed E-state index contributed by atoms with van der Waals surface area (Å²) in [6.45, 7) is 3.11. The number of alkyl halides is 1. The first kappa shape index (κ1) is 8.69. The minimum atomic E-state index is 0.848. The third-order valence-electron chi connectivity index (χ3n) is 1.16. The first-order chi connectivity index (χ1) is 3.81. The monoisotopic (exact) mass is 227 g/mol. The Morgan fingerprint density at radius 3 is 2.62 bits per heavy atom. The zero-order valence-electron chi connectivity index (χ0n) is 5.36. The highest BCUT2D eigenvalue weighted by atomic mass is 127. The molecule has 1 nitrogen and oxygen atoms in total. The van der Waals surface area contributed by atoms with Crippen molar-refractivity contribution in [3.05, 3.63) is 0 Å². The fourth-order valence-electron chi connectivity index (χ4n) is 0.543. The largest absolute Gasteiger partial charge is 0.330 e. The van der Waals surface area contributed by atoms with Crippen LogP contribution in [-0.4, -0.2) is 11.0 Å². The summed E-state index contributed by atoms with van der Waals surface area (Å²) >= 11 is 2.41. The van der Waals surface area contributed by atoms with Crippen molar-refractivity contribution in [3.8, 4) is 0 Å². The molecule has 0 aliphatic heterocycles. The predicted octanol–water partition coefficient (Wildman–Crippen LogP) is 1.80. The van der Waals surface area contributed by atoms with E-state index in [2.05, 4.69) is 29.5 Å². The third-order valence-corrected chi connectivity index (χ3v) is 2.67. The maximum absolute atomic E-state index is 5.33. The molecule has 50 valence electrons. The number of hydrogen-bond donors (Lipinski definition) is 1. The zero-order chi connectivity index (χ0) is 6.41. The summed E-state index contributed by atoms with van der Waals surface area (Å²) in [6, 6.07) is 0. The topological polar surface area (TPSA) is 26.0 Å². The van der Waals surface area contributed by atoms with Crippen molar-refractivity contribution in [1.29, 1.82) is 0 Å². The van der Waals surface area contributed by atoms with Gasteiger partial charge in [0.25, 0.3) is 0 Å². The van der Waals surface area contributed by atoms with Gasteiger partial charge in [0.15, 0.2) is 0 Å². The van der Waals surface area contributed by atoms with Crippen LogP contribution in [0.5, 0.6) is 0 Å². The zero-order valence-corrected chi connectivity index (χ0v) is 7.52. The molecule has 0 amide bonds. The highest BCUT2D eigenvalue weighted by Gasteiger charge is 1.95. The molecule has 0 heterocycles. The van der Waals surface area contributed by atoms with Crippen LogP contribution in [0.25, 0.3) is 0 Å². The molecule has 0 aromatic carbocycles. The van der Waals surface area contributed by atoms with E-state index in [-0.39, 0.29) is 0 Å². The molecule has 0 aliphatic carbocycles. The maximum Gasteiger partial charge on any atom is 0.00210 e.